The summed E-state index contributed by atoms with van der Waals surface area (Å²) in [5.41, 5.74) is -0.0305. The van der Waals surface area contributed by atoms with Gasteiger partial charge in [-0.25, -0.2) is 13.2 Å². The first-order chi connectivity index (χ1) is 9.16. The first-order valence-corrected chi connectivity index (χ1v) is 9.29. The van der Waals surface area contributed by atoms with Crippen LogP contribution >= 0.6 is 38.2 Å². The summed E-state index contributed by atoms with van der Waals surface area (Å²) < 4.78 is 28.2. The Kier molecular flexibility index (Phi) is 6.31. The molecule has 20 heavy (non-hydrogen) atoms. The molecule has 0 N–H and O–H groups in total. The van der Waals surface area contributed by atoms with Gasteiger partial charge in [0.05, 0.1) is 21.6 Å². The van der Waals surface area contributed by atoms with Crippen LogP contribution in [0.3, 0.4) is 0 Å². The lowest BCUT2D eigenvalue weighted by atomic mass is 10.2. The van der Waals surface area contributed by atoms with E-state index < -0.39 is 15.0 Å². The number of carbonyl (C=O) groups is 1. The molecule has 0 radical (unpaired) electrons. The SMILES string of the molecule is CCCC(C)OC(=O)c1cc(S(=O)(=O)Cl)c(Br)cc1Cl. The van der Waals surface area contributed by atoms with Gasteiger partial charge in [-0.3, -0.25) is 0 Å². The Labute approximate surface area is 135 Å². The minimum atomic E-state index is -3.99. The molecule has 4 nitrogen and oxygen atoms in total. The molecule has 0 aliphatic heterocycles. The Bertz CT molecular complexity index is 616. The fourth-order valence-corrected chi connectivity index (χ4v) is 4.15. The van der Waals surface area contributed by atoms with Crippen molar-refractivity contribution in [2.24, 2.45) is 0 Å². The van der Waals surface area contributed by atoms with Gasteiger partial charge in [-0.1, -0.05) is 24.9 Å². The van der Waals surface area contributed by atoms with Crippen molar-refractivity contribution < 1.29 is 17.9 Å². The smallest absolute Gasteiger partial charge is 0.339 e. The number of halogens is 3. The molecule has 0 amide bonds. The molecule has 1 rings (SSSR count). The van der Waals surface area contributed by atoms with Crippen LogP contribution in [0.25, 0.3) is 0 Å². The van der Waals surface area contributed by atoms with E-state index in [2.05, 4.69) is 15.9 Å². The van der Waals surface area contributed by atoms with E-state index in [4.69, 9.17) is 27.0 Å². The predicted molar refractivity (Wildman–Crippen MR) is 82.0 cm³/mol. The summed E-state index contributed by atoms with van der Waals surface area (Å²) in [6.07, 6.45) is 1.30. The van der Waals surface area contributed by atoms with Crippen LogP contribution in [0.1, 0.15) is 37.0 Å². The monoisotopic (exact) mass is 402 g/mol. The van der Waals surface area contributed by atoms with Gasteiger partial charge in [0.1, 0.15) is 0 Å². The number of rotatable bonds is 5. The van der Waals surface area contributed by atoms with E-state index >= 15 is 0 Å². The van der Waals surface area contributed by atoms with Crippen LogP contribution in [-0.2, 0) is 13.8 Å². The zero-order chi connectivity index (χ0) is 15.5. The first kappa shape index (κ1) is 17.8. The fourth-order valence-electron chi connectivity index (χ4n) is 1.58. The standard InChI is InChI=1S/C12H13BrCl2O4S/c1-3-4-7(2)19-12(16)8-5-11(20(15,17)18)9(13)6-10(8)14/h5-7H,3-4H2,1-2H3. The maximum atomic E-state index is 12.0. The number of ether oxygens (including phenoxy) is 1. The van der Waals surface area contributed by atoms with Crippen molar-refractivity contribution in [2.75, 3.05) is 0 Å². The highest BCUT2D eigenvalue weighted by Gasteiger charge is 2.22. The van der Waals surface area contributed by atoms with Crippen molar-refractivity contribution in [2.45, 2.75) is 37.7 Å². The Morgan fingerprint density at radius 3 is 2.55 bits per heavy atom. The molecule has 8 heteroatoms. The normalized spacial score (nSPS) is 13.1. The first-order valence-electron chi connectivity index (χ1n) is 5.81. The van der Waals surface area contributed by atoms with Gasteiger partial charge in [0, 0.05) is 15.2 Å². The van der Waals surface area contributed by atoms with E-state index in [1.165, 1.54) is 6.07 Å². The minimum absolute atomic E-state index is 0.0305. The summed E-state index contributed by atoms with van der Waals surface area (Å²) in [7, 11) is 1.31. The molecule has 0 aliphatic carbocycles. The molecule has 1 unspecified atom stereocenters. The summed E-state index contributed by atoms with van der Waals surface area (Å²) in [5.74, 6) is -0.676. The van der Waals surface area contributed by atoms with Crippen molar-refractivity contribution >= 4 is 53.2 Å². The number of hydrogen-bond acceptors (Lipinski definition) is 4. The van der Waals surface area contributed by atoms with Gasteiger partial charge >= 0.3 is 5.97 Å². The predicted octanol–water partition coefficient (Wildman–Crippen LogP) is 4.38. The molecule has 1 aromatic carbocycles. The average Bonchev–Trinajstić information content (AvgIpc) is 2.26. The lowest BCUT2D eigenvalue weighted by Gasteiger charge is -2.13. The topological polar surface area (TPSA) is 60.4 Å². The van der Waals surface area contributed by atoms with Crippen molar-refractivity contribution in [1.29, 1.82) is 0 Å². The second kappa shape index (κ2) is 7.11. The molecule has 0 saturated heterocycles. The van der Waals surface area contributed by atoms with E-state index in [0.29, 0.717) is 6.42 Å². The quantitative estimate of drug-likeness (QED) is 0.540. The number of carbonyl (C=O) groups excluding carboxylic acids is 1. The molecule has 0 bridgehead atoms. The van der Waals surface area contributed by atoms with Gasteiger partial charge < -0.3 is 4.74 Å². The van der Waals surface area contributed by atoms with Crippen LogP contribution < -0.4 is 0 Å². The van der Waals surface area contributed by atoms with Crippen LogP contribution in [0.15, 0.2) is 21.5 Å². The zero-order valence-corrected chi connectivity index (χ0v) is 14.7. The van der Waals surface area contributed by atoms with Gasteiger partial charge in [-0.15, -0.1) is 0 Å². The van der Waals surface area contributed by atoms with Crippen molar-refractivity contribution in [3.05, 3.63) is 27.2 Å². The molecule has 0 aliphatic rings. The number of benzene rings is 1. The number of esters is 1. The molecule has 0 spiro atoms. The molecule has 112 valence electrons. The van der Waals surface area contributed by atoms with Gasteiger partial charge in [0.2, 0.25) is 0 Å². The van der Waals surface area contributed by atoms with Crippen LogP contribution in [0.4, 0.5) is 0 Å². The van der Waals surface area contributed by atoms with Crippen LogP contribution in [0, 0.1) is 0 Å². The molecule has 1 aromatic rings. The second-order valence-corrected chi connectivity index (χ2v) is 8.00. The second-order valence-electron chi connectivity index (χ2n) is 4.20. The van der Waals surface area contributed by atoms with Crippen LogP contribution in [0.5, 0.6) is 0 Å². The van der Waals surface area contributed by atoms with Crippen LogP contribution in [-0.4, -0.2) is 20.5 Å². The third-order valence-electron chi connectivity index (χ3n) is 2.51. The summed E-state index contributed by atoms with van der Waals surface area (Å²) in [4.78, 5) is 11.8. The third-order valence-corrected chi connectivity index (χ3v) is 5.10. The van der Waals surface area contributed by atoms with Crippen LogP contribution in [0.2, 0.25) is 5.02 Å². The minimum Gasteiger partial charge on any atom is -0.459 e. The van der Waals surface area contributed by atoms with Crippen molar-refractivity contribution in [1.82, 2.24) is 0 Å². The highest BCUT2D eigenvalue weighted by atomic mass is 79.9. The highest BCUT2D eigenvalue weighted by molar-refractivity contribution is 9.10. The molecule has 0 heterocycles. The molecule has 0 fully saturated rings. The van der Waals surface area contributed by atoms with Gasteiger partial charge in [0.15, 0.2) is 0 Å². The Morgan fingerprint density at radius 1 is 1.45 bits per heavy atom. The maximum absolute atomic E-state index is 12.0. The van der Waals surface area contributed by atoms with Crippen molar-refractivity contribution in [3.8, 4) is 0 Å². The highest BCUT2D eigenvalue weighted by Crippen LogP contribution is 2.31. The summed E-state index contributed by atoms with van der Waals surface area (Å²) in [5, 5.41) is 0.0923. The van der Waals surface area contributed by atoms with Gasteiger partial charge in [0.25, 0.3) is 9.05 Å². The Morgan fingerprint density at radius 2 is 2.05 bits per heavy atom. The molecular weight excluding hydrogens is 391 g/mol. The lowest BCUT2D eigenvalue weighted by Crippen LogP contribution is -2.15. The summed E-state index contributed by atoms with van der Waals surface area (Å²) in [6.45, 7) is 3.72. The number of hydrogen-bond donors (Lipinski definition) is 0. The average molecular weight is 404 g/mol. The third kappa shape index (κ3) is 4.62. The van der Waals surface area contributed by atoms with E-state index in [1.54, 1.807) is 6.92 Å². The molecule has 1 atom stereocenters. The van der Waals surface area contributed by atoms with Crippen molar-refractivity contribution in [3.63, 3.8) is 0 Å². The van der Waals surface area contributed by atoms with Gasteiger partial charge in [-0.2, -0.15) is 0 Å². The van der Waals surface area contributed by atoms with E-state index in [-0.39, 0.29) is 26.1 Å². The molecular formula is C12H13BrCl2O4S. The van der Waals surface area contributed by atoms with E-state index in [9.17, 15) is 13.2 Å². The van der Waals surface area contributed by atoms with E-state index in [0.717, 1.165) is 12.5 Å². The zero-order valence-electron chi connectivity index (χ0n) is 10.8. The molecule has 0 saturated carbocycles. The van der Waals surface area contributed by atoms with Gasteiger partial charge in [-0.05, 0) is 41.4 Å². The summed E-state index contributed by atoms with van der Waals surface area (Å²) >= 11 is 8.98. The summed E-state index contributed by atoms with van der Waals surface area (Å²) in [6, 6.07) is 2.41. The Balaban J connectivity index is 3.16. The largest absolute Gasteiger partial charge is 0.459 e. The lowest BCUT2D eigenvalue weighted by molar-refractivity contribution is 0.0323. The molecule has 0 aromatic heterocycles. The van der Waals surface area contributed by atoms with E-state index in [1.807, 2.05) is 6.92 Å². The fraction of sp³-hybridized carbons (Fsp3) is 0.417. The maximum Gasteiger partial charge on any atom is 0.339 e. The Hall–Kier alpha value is -0.300.